The van der Waals surface area contributed by atoms with E-state index in [-0.39, 0.29) is 5.91 Å². The SMILES string of the molecule is Cc1cc(NC(=O)c2cnn3ccc(N)nc23)n(-c2ccccc2)n1. The lowest BCUT2D eigenvalue weighted by molar-refractivity contribution is 0.102. The smallest absolute Gasteiger partial charge is 0.262 e. The van der Waals surface area contributed by atoms with Gasteiger partial charge >= 0.3 is 0 Å². The topological polar surface area (TPSA) is 103 Å². The van der Waals surface area contributed by atoms with Gasteiger partial charge in [0.05, 0.1) is 17.6 Å². The monoisotopic (exact) mass is 333 g/mol. The van der Waals surface area contributed by atoms with Gasteiger partial charge in [-0.15, -0.1) is 0 Å². The van der Waals surface area contributed by atoms with Gasteiger partial charge in [0.25, 0.3) is 5.91 Å². The molecule has 8 heteroatoms. The van der Waals surface area contributed by atoms with Gasteiger partial charge in [0.2, 0.25) is 0 Å². The van der Waals surface area contributed by atoms with Crippen LogP contribution in [-0.2, 0) is 0 Å². The minimum absolute atomic E-state index is 0.326. The van der Waals surface area contributed by atoms with Crippen molar-refractivity contribution < 1.29 is 4.79 Å². The summed E-state index contributed by atoms with van der Waals surface area (Å²) in [5.41, 5.74) is 8.10. The molecule has 0 aliphatic rings. The number of para-hydroxylation sites is 1. The minimum Gasteiger partial charge on any atom is -0.384 e. The molecule has 0 spiro atoms. The largest absolute Gasteiger partial charge is 0.384 e. The molecule has 3 aromatic heterocycles. The number of nitrogens with two attached hydrogens (primary N) is 1. The fourth-order valence-electron chi connectivity index (χ4n) is 2.58. The van der Waals surface area contributed by atoms with Crippen molar-refractivity contribution in [3.05, 3.63) is 66.1 Å². The van der Waals surface area contributed by atoms with Crippen LogP contribution in [0.2, 0.25) is 0 Å². The van der Waals surface area contributed by atoms with E-state index >= 15 is 0 Å². The fraction of sp³-hybridized carbons (Fsp3) is 0.0588. The lowest BCUT2D eigenvalue weighted by atomic mass is 10.3. The van der Waals surface area contributed by atoms with E-state index in [4.69, 9.17) is 5.73 Å². The first-order valence-electron chi connectivity index (χ1n) is 7.65. The third-order valence-electron chi connectivity index (χ3n) is 3.71. The standard InChI is InChI=1S/C17H15N7O/c1-11-9-15(24(22-11)12-5-3-2-4-6-12)21-17(25)13-10-19-23-8-7-14(18)20-16(13)23/h2-10H,1H3,(H2,18,20)(H,21,25). The molecule has 3 N–H and O–H groups in total. The quantitative estimate of drug-likeness (QED) is 0.597. The van der Waals surface area contributed by atoms with Gasteiger partial charge in [-0.05, 0) is 25.1 Å². The lowest BCUT2D eigenvalue weighted by Crippen LogP contribution is -2.15. The van der Waals surface area contributed by atoms with Crippen molar-refractivity contribution in [1.29, 1.82) is 0 Å². The fourth-order valence-corrected chi connectivity index (χ4v) is 2.58. The highest BCUT2D eigenvalue weighted by Gasteiger charge is 2.17. The van der Waals surface area contributed by atoms with Crippen LogP contribution in [-0.4, -0.2) is 30.3 Å². The molecule has 3 heterocycles. The molecule has 0 aliphatic carbocycles. The van der Waals surface area contributed by atoms with Gasteiger partial charge in [-0.3, -0.25) is 4.79 Å². The molecule has 25 heavy (non-hydrogen) atoms. The minimum atomic E-state index is -0.329. The molecule has 8 nitrogen and oxygen atoms in total. The molecule has 4 rings (SSSR count). The molecule has 0 saturated heterocycles. The molecule has 0 aliphatic heterocycles. The Hall–Kier alpha value is -3.68. The maximum atomic E-state index is 12.7. The molecular formula is C17H15N7O. The van der Waals surface area contributed by atoms with Crippen LogP contribution in [0.25, 0.3) is 11.3 Å². The van der Waals surface area contributed by atoms with Gasteiger partial charge in [0.15, 0.2) is 5.65 Å². The Morgan fingerprint density at radius 1 is 1.20 bits per heavy atom. The van der Waals surface area contributed by atoms with Crippen molar-refractivity contribution in [2.24, 2.45) is 0 Å². The van der Waals surface area contributed by atoms with Gasteiger partial charge in [-0.2, -0.15) is 10.2 Å². The summed E-state index contributed by atoms with van der Waals surface area (Å²) >= 11 is 0. The van der Waals surface area contributed by atoms with E-state index in [2.05, 4.69) is 20.5 Å². The van der Waals surface area contributed by atoms with Gasteiger partial charge < -0.3 is 11.1 Å². The first-order chi connectivity index (χ1) is 12.1. The zero-order valence-corrected chi connectivity index (χ0v) is 13.4. The van der Waals surface area contributed by atoms with E-state index in [1.165, 1.54) is 10.7 Å². The number of carbonyl (C=O) groups excluding carboxylic acids is 1. The molecule has 1 aromatic carbocycles. The number of rotatable bonds is 3. The third-order valence-corrected chi connectivity index (χ3v) is 3.71. The summed E-state index contributed by atoms with van der Waals surface area (Å²) in [7, 11) is 0. The molecular weight excluding hydrogens is 318 g/mol. The predicted octanol–water partition coefficient (Wildman–Crippen LogP) is 2.06. The van der Waals surface area contributed by atoms with Gasteiger partial charge in [0, 0.05) is 12.3 Å². The second-order valence-electron chi connectivity index (χ2n) is 5.55. The van der Waals surface area contributed by atoms with Crippen molar-refractivity contribution in [2.75, 3.05) is 11.1 Å². The van der Waals surface area contributed by atoms with Crippen LogP contribution < -0.4 is 11.1 Å². The van der Waals surface area contributed by atoms with E-state index in [1.807, 2.05) is 37.3 Å². The number of anilines is 2. The van der Waals surface area contributed by atoms with Gasteiger partial charge in [-0.1, -0.05) is 18.2 Å². The van der Waals surface area contributed by atoms with Crippen molar-refractivity contribution in [2.45, 2.75) is 6.92 Å². The Kier molecular flexibility index (Phi) is 3.42. The number of benzene rings is 1. The van der Waals surface area contributed by atoms with Crippen LogP contribution >= 0.6 is 0 Å². The molecule has 0 saturated carbocycles. The summed E-state index contributed by atoms with van der Waals surface area (Å²) in [6.45, 7) is 1.87. The Morgan fingerprint density at radius 2 is 2.00 bits per heavy atom. The van der Waals surface area contributed by atoms with Crippen LogP contribution in [0.15, 0.2) is 54.9 Å². The van der Waals surface area contributed by atoms with Crippen molar-refractivity contribution in [1.82, 2.24) is 24.4 Å². The van der Waals surface area contributed by atoms with Gasteiger partial charge in [-0.25, -0.2) is 14.2 Å². The number of carbonyl (C=O) groups is 1. The van der Waals surface area contributed by atoms with Crippen LogP contribution in [0.4, 0.5) is 11.6 Å². The molecule has 124 valence electrons. The van der Waals surface area contributed by atoms with Crippen molar-refractivity contribution >= 4 is 23.2 Å². The maximum absolute atomic E-state index is 12.7. The second kappa shape index (κ2) is 5.75. The summed E-state index contributed by atoms with van der Waals surface area (Å²) < 4.78 is 3.19. The van der Waals surface area contributed by atoms with Gasteiger partial charge in [0.1, 0.15) is 17.2 Å². The molecule has 0 fully saturated rings. The molecule has 1 amide bonds. The Bertz CT molecular complexity index is 1070. The Morgan fingerprint density at radius 3 is 2.80 bits per heavy atom. The number of nitrogens with one attached hydrogen (secondary N) is 1. The summed E-state index contributed by atoms with van der Waals surface area (Å²) in [4.78, 5) is 16.9. The van der Waals surface area contributed by atoms with Crippen LogP contribution in [0.1, 0.15) is 16.1 Å². The summed E-state index contributed by atoms with van der Waals surface area (Å²) in [6, 6.07) is 13.0. The summed E-state index contributed by atoms with van der Waals surface area (Å²) in [5, 5.41) is 11.4. The maximum Gasteiger partial charge on any atom is 0.262 e. The van der Waals surface area contributed by atoms with E-state index in [0.717, 1.165) is 11.4 Å². The number of aromatic nitrogens is 5. The van der Waals surface area contributed by atoms with Crippen LogP contribution in [0.3, 0.4) is 0 Å². The van der Waals surface area contributed by atoms with E-state index in [0.29, 0.717) is 22.8 Å². The molecule has 0 radical (unpaired) electrons. The highest BCUT2D eigenvalue weighted by atomic mass is 16.1. The zero-order valence-electron chi connectivity index (χ0n) is 13.4. The average molecular weight is 333 g/mol. The summed E-state index contributed by atoms with van der Waals surface area (Å²) in [6.07, 6.45) is 3.13. The van der Waals surface area contributed by atoms with E-state index in [1.54, 1.807) is 23.0 Å². The zero-order chi connectivity index (χ0) is 17.4. The molecule has 0 bridgehead atoms. The second-order valence-corrected chi connectivity index (χ2v) is 5.55. The molecule has 4 aromatic rings. The number of hydrogen-bond donors (Lipinski definition) is 2. The van der Waals surface area contributed by atoms with Crippen molar-refractivity contribution in [3.8, 4) is 5.69 Å². The Balaban J connectivity index is 1.71. The average Bonchev–Trinajstić information content (AvgIpc) is 3.18. The number of amides is 1. The van der Waals surface area contributed by atoms with Crippen molar-refractivity contribution in [3.63, 3.8) is 0 Å². The van der Waals surface area contributed by atoms with Crippen LogP contribution in [0.5, 0.6) is 0 Å². The predicted molar refractivity (Wildman–Crippen MR) is 93.7 cm³/mol. The van der Waals surface area contributed by atoms with Crippen LogP contribution in [0, 0.1) is 6.92 Å². The Labute approximate surface area is 142 Å². The highest BCUT2D eigenvalue weighted by molar-refractivity contribution is 6.08. The summed E-state index contributed by atoms with van der Waals surface area (Å²) in [5.74, 6) is 0.564. The van der Waals surface area contributed by atoms with E-state index in [9.17, 15) is 4.79 Å². The first-order valence-corrected chi connectivity index (χ1v) is 7.65. The first kappa shape index (κ1) is 14.9. The number of fused-ring (bicyclic) bond motifs is 1. The third kappa shape index (κ3) is 2.69. The molecule has 0 unspecified atom stereocenters. The molecule has 0 atom stereocenters. The number of nitrogen functional groups attached to an aromatic ring is 1. The number of nitrogens with zero attached hydrogens (tertiary/aromatic N) is 5. The lowest BCUT2D eigenvalue weighted by Gasteiger charge is -2.08. The van der Waals surface area contributed by atoms with E-state index < -0.39 is 0 Å². The highest BCUT2D eigenvalue weighted by Crippen LogP contribution is 2.19. The normalized spacial score (nSPS) is 10.9. The number of hydrogen-bond acceptors (Lipinski definition) is 5. The number of aryl methyl sites for hydroxylation is 1.